The molecule has 1 spiro atoms. The maximum absolute atomic E-state index is 12.4. The fourth-order valence-electron chi connectivity index (χ4n) is 3.44. The number of fused-ring (bicyclic) bond motifs is 4. The molecule has 3 aliphatic rings. The topological polar surface area (TPSA) is 32.3 Å². The Labute approximate surface area is 110 Å². The molecule has 2 heterocycles. The van der Waals surface area contributed by atoms with Gasteiger partial charge in [-0.15, -0.1) is 0 Å². The Bertz CT molecular complexity index is 793. The number of carbonyl (C=O) groups is 1. The first-order valence-electron chi connectivity index (χ1n) is 6.36. The minimum Gasteiger partial charge on any atom is -0.307 e. The highest BCUT2D eigenvalue weighted by atomic mass is 16.2. The molecule has 1 atom stereocenters. The Morgan fingerprint density at radius 3 is 2.74 bits per heavy atom. The van der Waals surface area contributed by atoms with Crippen molar-refractivity contribution < 1.29 is 4.79 Å². The second-order valence-electron chi connectivity index (χ2n) is 5.15. The Kier molecular flexibility index (Phi) is 1.34. The molecular weight excluding hydrogens is 236 g/mol. The van der Waals surface area contributed by atoms with Crippen LogP contribution in [0.5, 0.6) is 0 Å². The van der Waals surface area contributed by atoms with Gasteiger partial charge in [0.1, 0.15) is 5.54 Å². The molecule has 1 N–H and O–H groups in total. The predicted octanol–water partition coefficient (Wildman–Crippen LogP) is 3.34. The number of nitrogens with zero attached hydrogens (tertiary/aromatic N) is 1. The van der Waals surface area contributed by atoms with E-state index in [1.165, 1.54) is 16.7 Å². The fraction of sp³-hybridized carbons (Fsp3) is 0.0625. The van der Waals surface area contributed by atoms with E-state index in [1.54, 1.807) is 0 Å². The van der Waals surface area contributed by atoms with Crippen molar-refractivity contribution in [3.63, 3.8) is 0 Å². The van der Waals surface area contributed by atoms with Crippen molar-refractivity contribution in [2.75, 3.05) is 10.2 Å². The van der Waals surface area contributed by atoms with Crippen LogP contribution in [0.3, 0.4) is 0 Å². The summed E-state index contributed by atoms with van der Waals surface area (Å²) in [5, 5.41) is 2.98. The summed E-state index contributed by atoms with van der Waals surface area (Å²) in [7, 11) is 0. The molecule has 19 heavy (non-hydrogen) atoms. The standard InChI is InChI=1S/C16H10N2O/c19-15-17-13-7-3-2-6-11(13)16-9-12(16)10-5-1-4-8-14(10)18(15)16/h1-9H,(H,17,19). The summed E-state index contributed by atoms with van der Waals surface area (Å²) in [5.41, 5.74) is 5.21. The zero-order chi connectivity index (χ0) is 12.6. The average molecular weight is 246 g/mol. The summed E-state index contributed by atoms with van der Waals surface area (Å²) in [6.07, 6.45) is 2.19. The summed E-state index contributed by atoms with van der Waals surface area (Å²) >= 11 is 0. The first-order valence-corrected chi connectivity index (χ1v) is 6.36. The predicted molar refractivity (Wildman–Crippen MR) is 74.0 cm³/mol. The monoisotopic (exact) mass is 246 g/mol. The van der Waals surface area contributed by atoms with Gasteiger partial charge >= 0.3 is 6.03 Å². The van der Waals surface area contributed by atoms with Crippen LogP contribution >= 0.6 is 0 Å². The van der Waals surface area contributed by atoms with E-state index in [9.17, 15) is 4.79 Å². The van der Waals surface area contributed by atoms with E-state index < -0.39 is 0 Å². The van der Waals surface area contributed by atoms with Crippen LogP contribution in [-0.4, -0.2) is 6.03 Å². The van der Waals surface area contributed by atoms with E-state index in [-0.39, 0.29) is 11.6 Å². The van der Waals surface area contributed by atoms with Gasteiger partial charge in [0.05, 0.1) is 5.69 Å². The van der Waals surface area contributed by atoms with Gasteiger partial charge in [0.15, 0.2) is 0 Å². The Morgan fingerprint density at radius 1 is 1.00 bits per heavy atom. The molecular formula is C16H10N2O. The lowest BCUT2D eigenvalue weighted by molar-refractivity contribution is 0.254. The van der Waals surface area contributed by atoms with Crippen molar-refractivity contribution in [2.45, 2.75) is 5.54 Å². The zero-order valence-corrected chi connectivity index (χ0v) is 10.1. The molecule has 0 bridgehead atoms. The van der Waals surface area contributed by atoms with Crippen LogP contribution in [0.25, 0.3) is 5.57 Å². The number of para-hydroxylation sites is 2. The zero-order valence-electron chi connectivity index (χ0n) is 10.1. The number of hydrogen-bond acceptors (Lipinski definition) is 1. The van der Waals surface area contributed by atoms with Gasteiger partial charge in [-0.05, 0) is 23.8 Å². The Hall–Kier alpha value is -2.55. The maximum atomic E-state index is 12.4. The normalized spacial score (nSPS) is 24.7. The highest BCUT2D eigenvalue weighted by Crippen LogP contribution is 2.65. The van der Waals surface area contributed by atoms with Crippen LogP contribution < -0.4 is 10.2 Å². The minimum absolute atomic E-state index is 0.0464. The number of nitrogens with one attached hydrogen (secondary N) is 1. The van der Waals surface area contributed by atoms with Crippen LogP contribution in [0, 0.1) is 0 Å². The number of benzene rings is 2. The van der Waals surface area contributed by atoms with E-state index in [1.807, 2.05) is 41.3 Å². The SMILES string of the molecule is O=C1Nc2ccccc2C23C=C2c2ccccc2N13. The smallest absolute Gasteiger partial charge is 0.307 e. The first-order chi connectivity index (χ1) is 9.32. The van der Waals surface area contributed by atoms with Gasteiger partial charge in [0.25, 0.3) is 0 Å². The third-order valence-electron chi connectivity index (χ3n) is 4.25. The lowest BCUT2D eigenvalue weighted by atomic mass is 9.95. The summed E-state index contributed by atoms with van der Waals surface area (Å²) in [4.78, 5) is 14.3. The third kappa shape index (κ3) is 0.877. The highest BCUT2D eigenvalue weighted by Gasteiger charge is 2.62. The quantitative estimate of drug-likeness (QED) is 0.759. The second kappa shape index (κ2) is 2.72. The van der Waals surface area contributed by atoms with Crippen molar-refractivity contribution in [1.82, 2.24) is 0 Å². The number of rotatable bonds is 0. The maximum Gasteiger partial charge on any atom is 0.327 e. The molecule has 5 rings (SSSR count). The number of hydrogen-bond donors (Lipinski definition) is 1. The van der Waals surface area contributed by atoms with Crippen molar-refractivity contribution in [3.05, 3.63) is 65.7 Å². The summed E-state index contributed by atoms with van der Waals surface area (Å²) in [6, 6.07) is 16.1. The van der Waals surface area contributed by atoms with Gasteiger partial charge in [0.2, 0.25) is 0 Å². The van der Waals surface area contributed by atoms with Crippen LogP contribution in [0.2, 0.25) is 0 Å². The van der Waals surface area contributed by atoms with Crippen molar-refractivity contribution in [3.8, 4) is 0 Å². The molecule has 2 aromatic carbocycles. The van der Waals surface area contributed by atoms with Crippen LogP contribution in [0.4, 0.5) is 16.2 Å². The molecule has 1 unspecified atom stereocenters. The molecule has 3 nitrogen and oxygen atoms in total. The molecule has 2 amide bonds. The van der Waals surface area contributed by atoms with Gasteiger partial charge < -0.3 is 5.32 Å². The molecule has 0 saturated carbocycles. The van der Waals surface area contributed by atoms with Crippen molar-refractivity contribution in [1.29, 1.82) is 0 Å². The minimum atomic E-state index is -0.317. The second-order valence-corrected chi connectivity index (χ2v) is 5.15. The summed E-state index contributed by atoms with van der Waals surface area (Å²) in [5.74, 6) is 0. The van der Waals surface area contributed by atoms with Crippen LogP contribution in [-0.2, 0) is 5.54 Å². The van der Waals surface area contributed by atoms with Crippen LogP contribution in [0.15, 0.2) is 54.6 Å². The number of carbonyl (C=O) groups excluding carboxylic acids is 1. The van der Waals surface area contributed by atoms with Gasteiger partial charge in [-0.2, -0.15) is 0 Å². The number of amides is 2. The Balaban J connectivity index is 1.84. The average Bonchev–Trinajstić information content (AvgIpc) is 3.09. The van der Waals surface area contributed by atoms with Crippen LogP contribution in [0.1, 0.15) is 11.1 Å². The summed E-state index contributed by atoms with van der Waals surface area (Å²) in [6.45, 7) is 0. The molecule has 0 fully saturated rings. The highest BCUT2D eigenvalue weighted by molar-refractivity contribution is 6.20. The molecule has 90 valence electrons. The molecule has 1 aliphatic carbocycles. The van der Waals surface area contributed by atoms with Gasteiger partial charge in [-0.1, -0.05) is 36.4 Å². The van der Waals surface area contributed by atoms with E-state index in [2.05, 4.69) is 23.5 Å². The number of urea groups is 1. The molecule has 0 radical (unpaired) electrons. The lowest BCUT2D eigenvalue weighted by Crippen LogP contribution is -2.47. The van der Waals surface area contributed by atoms with Gasteiger partial charge in [0, 0.05) is 16.8 Å². The molecule has 2 aliphatic heterocycles. The fourth-order valence-corrected chi connectivity index (χ4v) is 3.44. The third-order valence-corrected chi connectivity index (χ3v) is 4.25. The van der Waals surface area contributed by atoms with Crippen molar-refractivity contribution >= 4 is 23.0 Å². The lowest BCUT2D eigenvalue weighted by Gasteiger charge is -2.35. The molecule has 0 saturated heterocycles. The van der Waals surface area contributed by atoms with Crippen molar-refractivity contribution in [2.24, 2.45) is 0 Å². The van der Waals surface area contributed by atoms with E-state index in [4.69, 9.17) is 0 Å². The number of anilines is 2. The summed E-state index contributed by atoms with van der Waals surface area (Å²) < 4.78 is 0. The Morgan fingerprint density at radius 2 is 1.79 bits per heavy atom. The van der Waals surface area contributed by atoms with E-state index in [0.717, 1.165) is 11.4 Å². The van der Waals surface area contributed by atoms with E-state index >= 15 is 0 Å². The molecule has 0 aromatic heterocycles. The molecule has 2 aromatic rings. The molecule has 3 heteroatoms. The van der Waals surface area contributed by atoms with E-state index in [0.29, 0.717) is 0 Å². The largest absolute Gasteiger partial charge is 0.327 e. The first kappa shape index (κ1) is 9.39. The van der Waals surface area contributed by atoms with Gasteiger partial charge in [-0.3, -0.25) is 4.90 Å². The van der Waals surface area contributed by atoms with Gasteiger partial charge in [-0.25, -0.2) is 4.79 Å².